The predicted molar refractivity (Wildman–Crippen MR) is 98.7 cm³/mol. The minimum Gasteiger partial charge on any atom is -0.496 e. The Morgan fingerprint density at radius 1 is 1.35 bits per heavy atom. The molecule has 0 N–H and O–H groups in total. The summed E-state index contributed by atoms with van der Waals surface area (Å²) in [5, 5.41) is 11.6. The first kappa shape index (κ1) is 17.5. The maximum absolute atomic E-state index is 12.9. The zero-order valence-corrected chi connectivity index (χ0v) is 15.1. The minimum absolute atomic E-state index is 0.0842. The molecule has 1 aromatic heterocycles. The lowest BCUT2D eigenvalue weighted by molar-refractivity contribution is -0.384. The fourth-order valence-corrected chi connectivity index (χ4v) is 2.85. The van der Waals surface area contributed by atoms with Gasteiger partial charge in [-0.25, -0.2) is 9.88 Å². The molecule has 0 radical (unpaired) electrons. The van der Waals surface area contributed by atoms with Gasteiger partial charge in [0.1, 0.15) is 23.0 Å². The summed E-state index contributed by atoms with van der Waals surface area (Å²) in [5.41, 5.74) is 0.0852. The Morgan fingerprint density at radius 3 is 2.65 bits per heavy atom. The average Bonchev–Trinajstić information content (AvgIpc) is 3.11. The molecule has 1 aliphatic heterocycles. The number of anilines is 1. The zero-order valence-electron chi connectivity index (χ0n) is 14.2. The first-order valence-corrected chi connectivity index (χ1v) is 7.89. The molecule has 0 aliphatic carbocycles. The number of hydrogen-bond donors (Lipinski definition) is 0. The number of methoxy groups -OCH3 is 1. The second kappa shape index (κ2) is 6.56. The van der Waals surface area contributed by atoms with Crippen molar-refractivity contribution in [2.45, 2.75) is 0 Å². The van der Waals surface area contributed by atoms with Crippen LogP contribution in [0.2, 0.25) is 0 Å². The molecule has 0 spiro atoms. The van der Waals surface area contributed by atoms with Crippen molar-refractivity contribution in [1.82, 2.24) is 14.5 Å². The lowest BCUT2D eigenvalue weighted by atomic mass is 10.2. The number of thiocarbonyl (C=S) groups is 1. The summed E-state index contributed by atoms with van der Waals surface area (Å²) in [5.74, 6) is 0.415. The first-order chi connectivity index (χ1) is 12.3. The molecule has 0 bridgehead atoms. The van der Waals surface area contributed by atoms with Gasteiger partial charge in [0.15, 0.2) is 5.11 Å². The van der Waals surface area contributed by atoms with Crippen molar-refractivity contribution in [3.05, 3.63) is 52.2 Å². The maximum Gasteiger partial charge on any atom is 0.297 e. The van der Waals surface area contributed by atoms with Gasteiger partial charge < -0.3 is 14.2 Å². The largest absolute Gasteiger partial charge is 0.496 e. The Balaban J connectivity index is 2.09. The molecule has 1 fully saturated rings. The molecule has 26 heavy (non-hydrogen) atoms. The van der Waals surface area contributed by atoms with Gasteiger partial charge in [-0.05, 0) is 24.4 Å². The highest BCUT2D eigenvalue weighted by atomic mass is 32.1. The number of nitrogens with zero attached hydrogens (tertiary/aromatic N) is 5. The molecule has 2 aromatic rings. The van der Waals surface area contributed by atoms with Gasteiger partial charge in [0.25, 0.3) is 11.6 Å². The zero-order chi connectivity index (χ0) is 19.0. The van der Waals surface area contributed by atoms with Crippen molar-refractivity contribution in [2.24, 2.45) is 7.05 Å². The SMILES string of the molecule is COc1ccc(N2C(=O)/C(=C\c3nccn3C)N(C)C2=S)c([N+](=O)[O-])c1. The summed E-state index contributed by atoms with van der Waals surface area (Å²) < 4.78 is 6.77. The fraction of sp³-hybridized carbons (Fsp3) is 0.188. The standard InChI is InChI=1S/C16H15N5O4S/c1-18-7-6-17-14(18)9-13-15(22)20(16(26)19(13)2)11-5-4-10(25-3)8-12(11)21(23)24/h4-9H,1-3H3/b13-9+. The van der Waals surface area contributed by atoms with Gasteiger partial charge in [-0.3, -0.25) is 14.9 Å². The number of amides is 1. The lowest BCUT2D eigenvalue weighted by Crippen LogP contribution is -2.31. The number of hydrogen-bond acceptors (Lipinski definition) is 6. The lowest BCUT2D eigenvalue weighted by Gasteiger charge is -2.16. The van der Waals surface area contributed by atoms with Crippen LogP contribution in [0, 0.1) is 10.1 Å². The number of imidazole rings is 1. The predicted octanol–water partition coefficient (Wildman–Crippen LogP) is 1.94. The van der Waals surface area contributed by atoms with E-state index in [9.17, 15) is 14.9 Å². The summed E-state index contributed by atoms with van der Waals surface area (Å²) >= 11 is 5.34. The molecule has 2 heterocycles. The van der Waals surface area contributed by atoms with Gasteiger partial charge in [-0.15, -0.1) is 0 Å². The Kier molecular flexibility index (Phi) is 4.43. The summed E-state index contributed by atoms with van der Waals surface area (Å²) in [6.45, 7) is 0. The summed E-state index contributed by atoms with van der Waals surface area (Å²) in [6.07, 6.45) is 4.94. The van der Waals surface area contributed by atoms with Crippen LogP contribution in [0.15, 0.2) is 36.3 Å². The van der Waals surface area contributed by atoms with Crippen LogP contribution < -0.4 is 9.64 Å². The Hall–Kier alpha value is -3.27. The van der Waals surface area contributed by atoms with E-state index in [1.807, 2.05) is 0 Å². The topological polar surface area (TPSA) is 93.7 Å². The average molecular weight is 373 g/mol. The van der Waals surface area contributed by atoms with Crippen molar-refractivity contribution < 1.29 is 14.5 Å². The maximum atomic E-state index is 12.9. The third-order valence-corrected chi connectivity index (χ3v) is 4.46. The number of nitro benzene ring substituents is 1. The first-order valence-electron chi connectivity index (χ1n) is 7.48. The summed E-state index contributed by atoms with van der Waals surface area (Å²) in [7, 11) is 4.83. The molecule has 134 valence electrons. The smallest absolute Gasteiger partial charge is 0.297 e. The van der Waals surface area contributed by atoms with E-state index in [-0.39, 0.29) is 22.2 Å². The van der Waals surface area contributed by atoms with Crippen LogP contribution in [0.3, 0.4) is 0 Å². The molecule has 10 heteroatoms. The van der Waals surface area contributed by atoms with Crippen LogP contribution in [0.25, 0.3) is 6.08 Å². The number of carbonyl (C=O) groups excluding carboxylic acids is 1. The Morgan fingerprint density at radius 2 is 2.08 bits per heavy atom. The third kappa shape index (κ3) is 2.80. The van der Waals surface area contributed by atoms with E-state index in [4.69, 9.17) is 17.0 Å². The van der Waals surface area contributed by atoms with Crippen LogP contribution in [-0.2, 0) is 11.8 Å². The van der Waals surface area contributed by atoms with Gasteiger partial charge >= 0.3 is 0 Å². The molecule has 0 atom stereocenters. The number of ether oxygens (including phenoxy) is 1. The van der Waals surface area contributed by atoms with Gasteiger partial charge in [-0.1, -0.05) is 0 Å². The third-order valence-electron chi connectivity index (χ3n) is 4.01. The van der Waals surface area contributed by atoms with Gasteiger partial charge in [-0.2, -0.15) is 0 Å². The van der Waals surface area contributed by atoms with E-state index in [1.54, 1.807) is 43.2 Å². The van der Waals surface area contributed by atoms with Crippen molar-refractivity contribution >= 4 is 40.7 Å². The van der Waals surface area contributed by atoms with E-state index in [2.05, 4.69) is 4.98 Å². The molecule has 0 saturated carbocycles. The second-order valence-electron chi connectivity index (χ2n) is 5.52. The quantitative estimate of drug-likeness (QED) is 0.350. The number of aromatic nitrogens is 2. The van der Waals surface area contributed by atoms with Crippen molar-refractivity contribution in [1.29, 1.82) is 0 Å². The number of likely N-dealkylation sites (N-methyl/N-ethyl adjacent to an activating group) is 1. The fourth-order valence-electron chi connectivity index (χ4n) is 2.57. The van der Waals surface area contributed by atoms with Crippen molar-refractivity contribution in [3.63, 3.8) is 0 Å². The number of benzene rings is 1. The molecule has 1 amide bonds. The van der Waals surface area contributed by atoms with E-state index >= 15 is 0 Å². The van der Waals surface area contributed by atoms with Crippen LogP contribution in [0.4, 0.5) is 11.4 Å². The molecular formula is C16H15N5O4S. The molecule has 1 saturated heterocycles. The minimum atomic E-state index is -0.575. The summed E-state index contributed by atoms with van der Waals surface area (Å²) in [4.78, 5) is 30.6. The molecule has 3 rings (SSSR count). The van der Waals surface area contributed by atoms with Crippen LogP contribution >= 0.6 is 12.2 Å². The number of rotatable bonds is 4. The van der Waals surface area contributed by atoms with Crippen molar-refractivity contribution in [2.75, 3.05) is 19.1 Å². The van der Waals surface area contributed by atoms with Gasteiger partial charge in [0.2, 0.25) is 0 Å². The van der Waals surface area contributed by atoms with Gasteiger partial charge in [0, 0.05) is 32.6 Å². The van der Waals surface area contributed by atoms with E-state index in [1.165, 1.54) is 24.1 Å². The van der Waals surface area contributed by atoms with Gasteiger partial charge in [0.05, 0.1) is 18.1 Å². The molecule has 1 aliphatic rings. The number of aryl methyl sites for hydroxylation is 1. The molecule has 1 aromatic carbocycles. The second-order valence-corrected chi connectivity index (χ2v) is 5.88. The van der Waals surface area contributed by atoms with E-state index in [0.29, 0.717) is 11.6 Å². The van der Waals surface area contributed by atoms with Crippen LogP contribution in [0.5, 0.6) is 5.75 Å². The number of carbonyl (C=O) groups is 1. The van der Waals surface area contributed by atoms with Crippen molar-refractivity contribution in [3.8, 4) is 5.75 Å². The monoisotopic (exact) mass is 373 g/mol. The molecule has 9 nitrogen and oxygen atoms in total. The highest BCUT2D eigenvalue weighted by Gasteiger charge is 2.40. The molecular weight excluding hydrogens is 358 g/mol. The number of nitro groups is 1. The highest BCUT2D eigenvalue weighted by molar-refractivity contribution is 7.80. The Bertz CT molecular complexity index is 952. The van der Waals surface area contributed by atoms with Crippen LogP contribution in [0.1, 0.15) is 5.82 Å². The van der Waals surface area contributed by atoms with E-state index < -0.39 is 10.8 Å². The summed E-state index contributed by atoms with van der Waals surface area (Å²) in [6, 6.07) is 4.24. The van der Waals surface area contributed by atoms with E-state index in [0.717, 1.165) is 4.90 Å². The Labute approximate surface area is 154 Å². The normalized spacial score (nSPS) is 15.9. The van der Waals surface area contributed by atoms with Crippen LogP contribution in [-0.4, -0.2) is 44.6 Å². The molecule has 0 unspecified atom stereocenters. The highest BCUT2D eigenvalue weighted by Crippen LogP contribution is 2.36.